The van der Waals surface area contributed by atoms with Gasteiger partial charge < -0.3 is 25.5 Å². The minimum absolute atomic E-state index is 0.341. The maximum atomic E-state index is 10.2. The van der Waals surface area contributed by atoms with E-state index in [0.717, 1.165) is 64.2 Å². The van der Waals surface area contributed by atoms with E-state index in [-0.39, 0.29) is 0 Å². The second-order valence-corrected chi connectivity index (χ2v) is 17.4. The first-order valence-electron chi connectivity index (χ1n) is 26.6. The summed E-state index contributed by atoms with van der Waals surface area (Å²) in [5.41, 5.74) is 0. The van der Waals surface area contributed by atoms with Gasteiger partial charge in [0.2, 0.25) is 0 Å². The number of carboxylic acid groups (broad SMARTS) is 5. The van der Waals surface area contributed by atoms with Gasteiger partial charge in [0.05, 0.1) is 0 Å². The molecular weight excluding hydrogens is 809 g/mol. The van der Waals surface area contributed by atoms with Gasteiger partial charge in [0, 0.05) is 31.8 Å². The third-order valence-corrected chi connectivity index (χ3v) is 10.7. The van der Waals surface area contributed by atoms with Crippen molar-refractivity contribution in [3.8, 4) is 0 Å². The zero-order valence-electron chi connectivity index (χ0n) is 42.6. The van der Waals surface area contributed by atoms with Crippen LogP contribution >= 0.6 is 0 Å². The van der Waals surface area contributed by atoms with Crippen LogP contribution in [0, 0.1) is 0 Å². The second-order valence-electron chi connectivity index (χ2n) is 17.4. The minimum atomic E-state index is -0.837. The maximum absolute atomic E-state index is 10.2. The Bertz CT molecular complexity index is 869. The standard InChI is InChI=1S/C14H26O2.4C10H20O2/c1-2-3-4-5-6-7-8-9-10-11-12-13-14(15)16;4*1-2-3-4-5-6-7-8-9-10(11)12/h12-13H,2-11H2,1H3,(H,15,16);4*2-9H2,1H3,(H,11,12)/b13-12+;;;;. The topological polar surface area (TPSA) is 186 Å². The van der Waals surface area contributed by atoms with Crippen LogP contribution in [0.3, 0.4) is 0 Å². The summed E-state index contributed by atoms with van der Waals surface area (Å²) in [7, 11) is 0. The highest BCUT2D eigenvalue weighted by Crippen LogP contribution is 2.12. The number of aliphatic carboxylic acids is 5. The normalized spacial score (nSPS) is 10.3. The molecule has 0 amide bonds. The molecule has 0 aromatic rings. The summed E-state index contributed by atoms with van der Waals surface area (Å²) in [4.78, 5) is 50.7. The number of carboxylic acids is 5. The lowest BCUT2D eigenvalue weighted by Crippen LogP contribution is -1.93. The number of carbonyl (C=O) groups is 5. The largest absolute Gasteiger partial charge is 0.481 e. The van der Waals surface area contributed by atoms with Gasteiger partial charge in [-0.05, 0) is 38.5 Å². The van der Waals surface area contributed by atoms with Crippen molar-refractivity contribution >= 4 is 29.8 Å². The van der Waals surface area contributed by atoms with Crippen LogP contribution in [-0.2, 0) is 24.0 Å². The molecule has 0 radical (unpaired) electrons. The molecule has 382 valence electrons. The van der Waals surface area contributed by atoms with Crippen LogP contribution in [0.1, 0.15) is 304 Å². The van der Waals surface area contributed by atoms with Gasteiger partial charge in [-0.3, -0.25) is 19.2 Å². The third kappa shape index (κ3) is 93.9. The lowest BCUT2D eigenvalue weighted by Gasteiger charge is -2.00. The zero-order chi connectivity index (χ0) is 49.0. The number of rotatable bonds is 43. The second kappa shape index (κ2) is 66.7. The molecule has 0 aromatic heterocycles. The summed E-state index contributed by atoms with van der Waals surface area (Å²) in [6.07, 6.45) is 50.3. The Kier molecular flexibility index (Phi) is 73.1. The van der Waals surface area contributed by atoms with Crippen molar-refractivity contribution < 1.29 is 49.5 Å². The van der Waals surface area contributed by atoms with Gasteiger partial charge in [0.15, 0.2) is 0 Å². The first-order valence-corrected chi connectivity index (χ1v) is 26.6. The van der Waals surface area contributed by atoms with Crippen molar-refractivity contribution in [2.45, 2.75) is 304 Å². The predicted octanol–water partition coefficient (Wildman–Crippen LogP) is 17.4. The van der Waals surface area contributed by atoms with Gasteiger partial charge in [0.25, 0.3) is 0 Å². The van der Waals surface area contributed by atoms with Crippen molar-refractivity contribution in [3.05, 3.63) is 12.2 Å². The number of unbranched alkanes of at least 4 members (excludes halogenated alkanes) is 33. The van der Waals surface area contributed by atoms with E-state index in [4.69, 9.17) is 25.5 Å². The summed E-state index contributed by atoms with van der Waals surface area (Å²) < 4.78 is 0. The van der Waals surface area contributed by atoms with Crippen LogP contribution in [0.4, 0.5) is 0 Å². The summed E-state index contributed by atoms with van der Waals surface area (Å²) in [6, 6.07) is 0. The molecule has 0 aliphatic rings. The Morgan fingerprint density at radius 1 is 0.266 bits per heavy atom. The smallest absolute Gasteiger partial charge is 0.327 e. The molecule has 0 spiro atoms. The van der Waals surface area contributed by atoms with Crippen molar-refractivity contribution in [1.29, 1.82) is 0 Å². The summed E-state index contributed by atoms with van der Waals surface area (Å²) in [5.74, 6) is -3.49. The number of hydrogen-bond donors (Lipinski definition) is 5. The number of allylic oxidation sites excluding steroid dienone is 1. The molecule has 0 aliphatic carbocycles. The summed E-state index contributed by atoms with van der Waals surface area (Å²) >= 11 is 0. The molecule has 0 atom stereocenters. The molecule has 0 rings (SSSR count). The van der Waals surface area contributed by atoms with Crippen LogP contribution < -0.4 is 0 Å². The molecule has 0 unspecified atom stereocenters. The lowest BCUT2D eigenvalue weighted by molar-refractivity contribution is -0.138. The molecule has 0 aromatic carbocycles. The first kappa shape index (κ1) is 70.1. The molecule has 0 saturated heterocycles. The average molecular weight is 915 g/mol. The van der Waals surface area contributed by atoms with E-state index in [1.807, 2.05) is 0 Å². The minimum Gasteiger partial charge on any atom is -0.481 e. The Morgan fingerprint density at radius 3 is 0.609 bits per heavy atom. The van der Waals surface area contributed by atoms with Crippen molar-refractivity contribution in [1.82, 2.24) is 0 Å². The maximum Gasteiger partial charge on any atom is 0.327 e. The van der Waals surface area contributed by atoms with E-state index in [2.05, 4.69) is 34.6 Å². The monoisotopic (exact) mass is 915 g/mol. The van der Waals surface area contributed by atoms with Crippen LogP contribution in [0.5, 0.6) is 0 Å². The van der Waals surface area contributed by atoms with Crippen molar-refractivity contribution in [3.63, 3.8) is 0 Å². The molecular formula is C54H106O10. The van der Waals surface area contributed by atoms with Crippen LogP contribution in [0.2, 0.25) is 0 Å². The van der Waals surface area contributed by atoms with Gasteiger partial charge in [0.1, 0.15) is 0 Å². The Hall–Kier alpha value is -2.91. The zero-order valence-corrected chi connectivity index (χ0v) is 42.6. The Balaban J connectivity index is -0.000000228. The SMILES string of the molecule is CCCCCCCCCC(=O)O.CCCCCCCCCC(=O)O.CCCCCCCCCC(=O)O.CCCCCCCCCC(=O)O.CCCCCCCCCCC/C=C/C(=O)O. The highest BCUT2D eigenvalue weighted by atomic mass is 16.4. The van der Waals surface area contributed by atoms with Crippen molar-refractivity contribution in [2.24, 2.45) is 0 Å². The van der Waals surface area contributed by atoms with E-state index in [1.54, 1.807) is 6.08 Å². The van der Waals surface area contributed by atoms with Gasteiger partial charge in [-0.2, -0.15) is 0 Å². The van der Waals surface area contributed by atoms with Crippen LogP contribution in [0.25, 0.3) is 0 Å². The molecule has 0 fully saturated rings. The van der Waals surface area contributed by atoms with E-state index < -0.39 is 29.8 Å². The lowest BCUT2D eigenvalue weighted by atomic mass is 10.1. The third-order valence-electron chi connectivity index (χ3n) is 10.7. The van der Waals surface area contributed by atoms with E-state index >= 15 is 0 Å². The van der Waals surface area contributed by atoms with Gasteiger partial charge >= 0.3 is 29.8 Å². The molecule has 5 N–H and O–H groups in total. The molecule has 0 saturated carbocycles. The highest BCUT2D eigenvalue weighted by Gasteiger charge is 1.99. The summed E-state index contributed by atoms with van der Waals surface area (Å²) in [5, 5.41) is 41.8. The van der Waals surface area contributed by atoms with E-state index in [9.17, 15) is 24.0 Å². The highest BCUT2D eigenvalue weighted by molar-refractivity contribution is 5.79. The molecule has 10 heteroatoms. The first-order chi connectivity index (χ1) is 30.9. The fraction of sp³-hybridized carbons (Fsp3) is 0.870. The van der Waals surface area contributed by atoms with Crippen molar-refractivity contribution in [2.75, 3.05) is 0 Å². The number of hydrogen-bond acceptors (Lipinski definition) is 5. The van der Waals surface area contributed by atoms with Gasteiger partial charge in [-0.1, -0.05) is 246 Å². The molecule has 0 aliphatic heterocycles. The predicted molar refractivity (Wildman–Crippen MR) is 270 cm³/mol. The summed E-state index contributed by atoms with van der Waals surface area (Å²) in [6.45, 7) is 11.0. The molecule has 0 heterocycles. The van der Waals surface area contributed by atoms with Crippen LogP contribution in [-0.4, -0.2) is 55.4 Å². The average Bonchev–Trinajstić information content (AvgIpc) is 3.25. The van der Waals surface area contributed by atoms with E-state index in [1.165, 1.54) is 186 Å². The fourth-order valence-electron chi connectivity index (χ4n) is 6.69. The Labute approximate surface area is 394 Å². The molecule has 64 heavy (non-hydrogen) atoms. The fourth-order valence-corrected chi connectivity index (χ4v) is 6.69. The molecule has 0 bridgehead atoms. The van der Waals surface area contributed by atoms with Crippen LogP contribution in [0.15, 0.2) is 12.2 Å². The quantitative estimate of drug-likeness (QED) is 0.0291. The van der Waals surface area contributed by atoms with Gasteiger partial charge in [-0.15, -0.1) is 0 Å². The Morgan fingerprint density at radius 2 is 0.438 bits per heavy atom. The van der Waals surface area contributed by atoms with Gasteiger partial charge in [-0.25, -0.2) is 4.79 Å². The molecule has 10 nitrogen and oxygen atoms in total. The van der Waals surface area contributed by atoms with E-state index in [0.29, 0.717) is 25.7 Å².